The van der Waals surface area contributed by atoms with Crippen molar-refractivity contribution in [1.82, 2.24) is 14.8 Å². The van der Waals surface area contributed by atoms with Gasteiger partial charge in [-0.1, -0.05) is 18.2 Å². The van der Waals surface area contributed by atoms with Crippen molar-refractivity contribution in [1.29, 1.82) is 0 Å². The van der Waals surface area contributed by atoms with Gasteiger partial charge >= 0.3 is 0 Å². The minimum atomic E-state index is 0.776. The number of nitrogens with one attached hydrogen (secondary N) is 1. The maximum Gasteiger partial charge on any atom is 0.0660 e. The lowest BCUT2D eigenvalue weighted by Gasteiger charge is -2.09. The number of pyridine rings is 1. The number of aryl methyl sites for hydroxylation is 1. The van der Waals surface area contributed by atoms with Crippen LogP contribution in [-0.2, 0) is 13.1 Å². The predicted octanol–water partition coefficient (Wildman–Crippen LogP) is 3.25. The van der Waals surface area contributed by atoms with Gasteiger partial charge in [0.1, 0.15) is 0 Å². The average Bonchev–Trinajstić information content (AvgIpc) is 3.00. The third-order valence-corrected chi connectivity index (χ3v) is 3.30. The molecule has 0 saturated carbocycles. The van der Waals surface area contributed by atoms with E-state index in [1.807, 2.05) is 36.1 Å². The summed E-state index contributed by atoms with van der Waals surface area (Å²) in [7, 11) is 0. The predicted molar refractivity (Wildman–Crippen MR) is 84.1 cm³/mol. The van der Waals surface area contributed by atoms with E-state index in [4.69, 9.17) is 0 Å². The van der Waals surface area contributed by atoms with Crippen LogP contribution in [0.1, 0.15) is 16.8 Å². The molecular weight excluding hydrogens is 260 g/mol. The van der Waals surface area contributed by atoms with Gasteiger partial charge in [0.25, 0.3) is 0 Å². The molecule has 2 aromatic heterocycles. The van der Waals surface area contributed by atoms with Crippen LogP contribution in [0.2, 0.25) is 0 Å². The van der Waals surface area contributed by atoms with E-state index in [1.165, 1.54) is 11.1 Å². The molecule has 0 aliphatic carbocycles. The zero-order chi connectivity index (χ0) is 14.5. The molecule has 0 aliphatic rings. The van der Waals surface area contributed by atoms with Crippen LogP contribution in [0.4, 0.5) is 5.69 Å². The van der Waals surface area contributed by atoms with E-state index in [0.29, 0.717) is 0 Å². The van der Waals surface area contributed by atoms with Gasteiger partial charge in [0.05, 0.1) is 6.54 Å². The lowest BCUT2D eigenvalue weighted by Crippen LogP contribution is -2.03. The molecule has 3 aromatic rings. The van der Waals surface area contributed by atoms with Crippen LogP contribution in [0.5, 0.6) is 0 Å². The van der Waals surface area contributed by atoms with Crippen molar-refractivity contribution in [3.05, 3.63) is 77.9 Å². The summed E-state index contributed by atoms with van der Waals surface area (Å²) in [5, 5.41) is 7.66. The highest BCUT2D eigenvalue weighted by molar-refractivity contribution is 5.46. The number of anilines is 1. The van der Waals surface area contributed by atoms with Crippen LogP contribution in [0.15, 0.2) is 61.1 Å². The van der Waals surface area contributed by atoms with Gasteiger partial charge in [-0.05, 0) is 42.3 Å². The van der Waals surface area contributed by atoms with Crippen LogP contribution in [0, 0.1) is 6.92 Å². The molecule has 0 saturated heterocycles. The minimum absolute atomic E-state index is 0.776. The summed E-state index contributed by atoms with van der Waals surface area (Å²) in [6, 6.07) is 14.5. The number of aromatic nitrogens is 3. The highest BCUT2D eigenvalue weighted by Gasteiger charge is 1.99. The van der Waals surface area contributed by atoms with E-state index in [2.05, 4.69) is 45.7 Å². The second kappa shape index (κ2) is 6.22. The summed E-state index contributed by atoms with van der Waals surface area (Å²) in [5.74, 6) is 0. The maximum absolute atomic E-state index is 4.31. The fourth-order valence-corrected chi connectivity index (χ4v) is 2.17. The molecule has 0 aliphatic heterocycles. The lowest BCUT2D eigenvalue weighted by molar-refractivity contribution is 0.687. The number of hydrogen-bond acceptors (Lipinski definition) is 3. The zero-order valence-corrected chi connectivity index (χ0v) is 12.0. The topological polar surface area (TPSA) is 42.7 Å². The molecular formula is C17H18N4. The Morgan fingerprint density at radius 1 is 1.10 bits per heavy atom. The summed E-state index contributed by atoms with van der Waals surface area (Å²) in [4.78, 5) is 4.31. The molecule has 106 valence electrons. The summed E-state index contributed by atoms with van der Waals surface area (Å²) >= 11 is 0. The molecule has 0 unspecified atom stereocenters. The Kier molecular flexibility index (Phi) is 3.96. The highest BCUT2D eigenvalue weighted by atomic mass is 15.3. The van der Waals surface area contributed by atoms with Gasteiger partial charge in [-0.2, -0.15) is 5.10 Å². The van der Waals surface area contributed by atoms with E-state index in [1.54, 1.807) is 6.20 Å². The molecule has 4 heteroatoms. The van der Waals surface area contributed by atoms with Gasteiger partial charge in [0, 0.05) is 36.5 Å². The van der Waals surface area contributed by atoms with Gasteiger partial charge in [0.2, 0.25) is 0 Å². The molecule has 0 spiro atoms. The number of benzene rings is 1. The van der Waals surface area contributed by atoms with Crippen molar-refractivity contribution < 1.29 is 0 Å². The molecule has 4 nitrogen and oxygen atoms in total. The van der Waals surface area contributed by atoms with Crippen LogP contribution in [-0.4, -0.2) is 14.8 Å². The van der Waals surface area contributed by atoms with E-state index in [0.717, 1.165) is 24.5 Å². The third-order valence-electron chi connectivity index (χ3n) is 3.30. The molecule has 0 atom stereocenters. The Morgan fingerprint density at radius 3 is 2.81 bits per heavy atom. The number of rotatable bonds is 5. The Morgan fingerprint density at radius 2 is 2.05 bits per heavy atom. The first-order chi connectivity index (χ1) is 10.3. The summed E-state index contributed by atoms with van der Waals surface area (Å²) in [5.41, 5.74) is 4.56. The highest BCUT2D eigenvalue weighted by Crippen LogP contribution is 2.13. The van der Waals surface area contributed by atoms with E-state index in [9.17, 15) is 0 Å². The van der Waals surface area contributed by atoms with Gasteiger partial charge in [0.15, 0.2) is 0 Å². The number of nitrogens with zero attached hydrogens (tertiary/aromatic N) is 3. The first-order valence-electron chi connectivity index (χ1n) is 7.01. The van der Waals surface area contributed by atoms with Crippen LogP contribution in [0.25, 0.3) is 0 Å². The van der Waals surface area contributed by atoms with Crippen molar-refractivity contribution in [3.63, 3.8) is 0 Å². The van der Waals surface area contributed by atoms with Crippen molar-refractivity contribution in [2.24, 2.45) is 0 Å². The fourth-order valence-electron chi connectivity index (χ4n) is 2.17. The Hall–Kier alpha value is -2.62. The molecule has 21 heavy (non-hydrogen) atoms. The molecule has 3 rings (SSSR count). The molecule has 0 fully saturated rings. The standard InChI is InChI=1S/C17H18N4/c1-14-6-7-16(11-18-14)12-19-17-5-2-4-15(10-17)13-21-9-3-8-20-21/h2-11,19H,12-13H2,1H3. The zero-order valence-electron chi connectivity index (χ0n) is 12.0. The third kappa shape index (κ3) is 3.69. The molecule has 2 heterocycles. The molecule has 0 radical (unpaired) electrons. The Labute approximate surface area is 124 Å². The molecule has 1 N–H and O–H groups in total. The van der Waals surface area contributed by atoms with E-state index < -0.39 is 0 Å². The first kappa shape index (κ1) is 13.4. The molecule has 1 aromatic carbocycles. The Bertz CT molecular complexity index is 687. The monoisotopic (exact) mass is 278 g/mol. The summed E-state index contributed by atoms with van der Waals surface area (Å²) < 4.78 is 1.92. The lowest BCUT2D eigenvalue weighted by atomic mass is 10.2. The Balaban J connectivity index is 1.64. The largest absolute Gasteiger partial charge is 0.381 e. The fraction of sp³-hybridized carbons (Fsp3) is 0.176. The van der Waals surface area contributed by atoms with Crippen LogP contribution in [0.3, 0.4) is 0 Å². The second-order valence-electron chi connectivity index (χ2n) is 5.07. The van der Waals surface area contributed by atoms with E-state index in [-0.39, 0.29) is 0 Å². The molecule has 0 bridgehead atoms. The van der Waals surface area contributed by atoms with Crippen molar-refractivity contribution >= 4 is 5.69 Å². The first-order valence-corrected chi connectivity index (χ1v) is 7.01. The average molecular weight is 278 g/mol. The summed E-state index contributed by atoms with van der Waals surface area (Å²) in [6.45, 7) is 3.56. The number of hydrogen-bond donors (Lipinski definition) is 1. The van der Waals surface area contributed by atoms with Gasteiger partial charge in [-0.3, -0.25) is 9.67 Å². The minimum Gasteiger partial charge on any atom is -0.381 e. The maximum atomic E-state index is 4.31. The van der Waals surface area contributed by atoms with Gasteiger partial charge < -0.3 is 5.32 Å². The van der Waals surface area contributed by atoms with Crippen molar-refractivity contribution in [2.45, 2.75) is 20.0 Å². The van der Waals surface area contributed by atoms with Gasteiger partial charge in [-0.15, -0.1) is 0 Å². The normalized spacial score (nSPS) is 10.5. The second-order valence-corrected chi connectivity index (χ2v) is 5.07. The van der Waals surface area contributed by atoms with Crippen LogP contribution >= 0.6 is 0 Å². The van der Waals surface area contributed by atoms with Crippen LogP contribution < -0.4 is 5.32 Å². The SMILES string of the molecule is Cc1ccc(CNc2cccc(Cn3cccn3)c2)cn1. The smallest absolute Gasteiger partial charge is 0.0660 e. The van der Waals surface area contributed by atoms with Gasteiger partial charge in [-0.25, -0.2) is 0 Å². The van der Waals surface area contributed by atoms with E-state index >= 15 is 0 Å². The van der Waals surface area contributed by atoms with Crippen molar-refractivity contribution in [2.75, 3.05) is 5.32 Å². The van der Waals surface area contributed by atoms with Crippen molar-refractivity contribution in [3.8, 4) is 0 Å². The summed E-state index contributed by atoms with van der Waals surface area (Å²) in [6.07, 6.45) is 5.68. The molecule has 0 amide bonds. The quantitative estimate of drug-likeness (QED) is 0.779.